The highest BCUT2D eigenvalue weighted by Gasteiger charge is 2.24. The van der Waals surface area contributed by atoms with Crippen LogP contribution in [0.25, 0.3) is 0 Å². The molecule has 0 saturated heterocycles. The lowest BCUT2D eigenvalue weighted by Crippen LogP contribution is -2.18. The number of hydrogen-bond donors (Lipinski definition) is 2. The molecule has 3 aromatic rings. The molecule has 0 aliphatic heterocycles. The Kier molecular flexibility index (Phi) is 8.48. The standard InChI is InChI=1S/C13H9NO2.C12H15ClO2/c14-9-11-12(15)7-4-8-13(11)16-10-5-2-1-3-6-10;1-7(2)11(12(14)15)10-5-4-9(13)6-8(10)3/h1-8,15H;4-7,11H,1-3H3,(H,14,15). The van der Waals surface area contributed by atoms with Gasteiger partial charge in [0, 0.05) is 5.02 Å². The van der Waals surface area contributed by atoms with Crippen molar-refractivity contribution in [2.75, 3.05) is 0 Å². The van der Waals surface area contributed by atoms with Gasteiger partial charge in [0.1, 0.15) is 28.9 Å². The zero-order valence-corrected chi connectivity index (χ0v) is 18.3. The molecule has 2 N–H and O–H groups in total. The van der Waals surface area contributed by atoms with Crippen LogP contribution in [0.4, 0.5) is 0 Å². The fourth-order valence-corrected chi connectivity index (χ4v) is 3.32. The minimum Gasteiger partial charge on any atom is -0.506 e. The van der Waals surface area contributed by atoms with Crippen molar-refractivity contribution >= 4 is 17.6 Å². The first kappa shape index (κ1) is 23.8. The molecular formula is C25H24ClNO4. The zero-order chi connectivity index (χ0) is 23.0. The fourth-order valence-electron chi connectivity index (χ4n) is 3.10. The molecule has 0 fully saturated rings. The summed E-state index contributed by atoms with van der Waals surface area (Å²) in [7, 11) is 0. The van der Waals surface area contributed by atoms with E-state index in [-0.39, 0.29) is 17.2 Å². The van der Waals surface area contributed by atoms with Crippen molar-refractivity contribution in [1.82, 2.24) is 0 Å². The minimum absolute atomic E-state index is 0.0716. The maximum absolute atomic E-state index is 11.1. The molecule has 1 unspecified atom stereocenters. The maximum atomic E-state index is 11.1. The number of aliphatic carboxylic acids is 1. The van der Waals surface area contributed by atoms with Gasteiger partial charge >= 0.3 is 5.97 Å². The molecule has 0 heterocycles. The predicted molar refractivity (Wildman–Crippen MR) is 121 cm³/mol. The number of para-hydroxylation sites is 1. The number of nitrogens with zero attached hydrogens (tertiary/aromatic N) is 1. The van der Waals surface area contributed by atoms with Gasteiger partial charge in [0.25, 0.3) is 0 Å². The van der Waals surface area contributed by atoms with E-state index < -0.39 is 11.9 Å². The molecule has 1 atom stereocenters. The molecular weight excluding hydrogens is 414 g/mol. The summed E-state index contributed by atoms with van der Waals surface area (Å²) in [5.74, 6) is -0.255. The Morgan fingerprint density at radius 3 is 2.29 bits per heavy atom. The van der Waals surface area contributed by atoms with Gasteiger partial charge in [-0.1, -0.05) is 55.8 Å². The van der Waals surface area contributed by atoms with Crippen molar-refractivity contribution < 1.29 is 19.7 Å². The summed E-state index contributed by atoms with van der Waals surface area (Å²) in [4.78, 5) is 11.1. The van der Waals surface area contributed by atoms with Crippen LogP contribution in [0.2, 0.25) is 5.02 Å². The van der Waals surface area contributed by atoms with Gasteiger partial charge in [-0.3, -0.25) is 4.79 Å². The van der Waals surface area contributed by atoms with Crippen LogP contribution in [0.15, 0.2) is 66.7 Å². The largest absolute Gasteiger partial charge is 0.506 e. The van der Waals surface area contributed by atoms with E-state index >= 15 is 0 Å². The number of carboxylic acids is 1. The molecule has 31 heavy (non-hydrogen) atoms. The quantitative estimate of drug-likeness (QED) is 0.473. The highest BCUT2D eigenvalue weighted by atomic mass is 35.5. The van der Waals surface area contributed by atoms with E-state index in [0.717, 1.165) is 11.1 Å². The molecule has 3 aromatic carbocycles. The van der Waals surface area contributed by atoms with Crippen LogP contribution in [0.5, 0.6) is 17.2 Å². The minimum atomic E-state index is -0.782. The van der Waals surface area contributed by atoms with Crippen LogP contribution in [-0.4, -0.2) is 16.2 Å². The lowest BCUT2D eigenvalue weighted by molar-refractivity contribution is -0.139. The van der Waals surface area contributed by atoms with Crippen molar-refractivity contribution in [3.05, 3.63) is 88.4 Å². The van der Waals surface area contributed by atoms with E-state index in [4.69, 9.17) is 26.7 Å². The predicted octanol–water partition coefficient (Wildman–Crippen LogP) is 6.53. The fraction of sp³-hybridized carbons (Fsp3) is 0.200. The first-order valence-corrected chi connectivity index (χ1v) is 10.1. The molecule has 5 nitrogen and oxygen atoms in total. The molecule has 0 aliphatic rings. The molecule has 3 rings (SSSR count). The van der Waals surface area contributed by atoms with Gasteiger partial charge in [0.05, 0.1) is 5.92 Å². The second-order valence-electron chi connectivity index (χ2n) is 7.24. The summed E-state index contributed by atoms with van der Waals surface area (Å²) >= 11 is 5.83. The van der Waals surface area contributed by atoms with E-state index in [1.165, 1.54) is 6.07 Å². The molecule has 160 valence electrons. The van der Waals surface area contributed by atoms with Gasteiger partial charge in [-0.05, 0) is 60.4 Å². The van der Waals surface area contributed by atoms with Gasteiger partial charge in [-0.15, -0.1) is 0 Å². The molecule has 0 amide bonds. The van der Waals surface area contributed by atoms with E-state index in [0.29, 0.717) is 16.5 Å². The van der Waals surface area contributed by atoms with Crippen molar-refractivity contribution in [2.45, 2.75) is 26.7 Å². The molecule has 0 aliphatic carbocycles. The third kappa shape index (κ3) is 6.50. The van der Waals surface area contributed by atoms with E-state index in [1.54, 1.807) is 42.5 Å². The Morgan fingerprint density at radius 1 is 1.06 bits per heavy atom. The van der Waals surface area contributed by atoms with Crippen LogP contribution in [0.3, 0.4) is 0 Å². The van der Waals surface area contributed by atoms with Crippen molar-refractivity contribution in [2.24, 2.45) is 5.92 Å². The van der Waals surface area contributed by atoms with Gasteiger partial charge in [0.15, 0.2) is 0 Å². The molecule has 0 bridgehead atoms. The third-order valence-electron chi connectivity index (χ3n) is 4.59. The van der Waals surface area contributed by atoms with Crippen LogP contribution in [0.1, 0.15) is 36.5 Å². The van der Waals surface area contributed by atoms with E-state index in [1.807, 2.05) is 45.0 Å². The molecule has 0 aromatic heterocycles. The van der Waals surface area contributed by atoms with Crippen molar-refractivity contribution in [3.63, 3.8) is 0 Å². The van der Waals surface area contributed by atoms with Gasteiger partial charge in [0.2, 0.25) is 0 Å². The molecule has 0 spiro atoms. The number of ether oxygens (including phenoxy) is 1. The van der Waals surface area contributed by atoms with Crippen molar-refractivity contribution in [1.29, 1.82) is 5.26 Å². The monoisotopic (exact) mass is 437 g/mol. The average molecular weight is 438 g/mol. The van der Waals surface area contributed by atoms with E-state index in [2.05, 4.69) is 0 Å². The first-order chi connectivity index (χ1) is 14.7. The Hall–Kier alpha value is -3.49. The summed E-state index contributed by atoms with van der Waals surface area (Å²) in [5, 5.41) is 28.2. The average Bonchev–Trinajstić information content (AvgIpc) is 2.71. The highest BCUT2D eigenvalue weighted by molar-refractivity contribution is 6.30. The number of halogens is 1. The lowest BCUT2D eigenvalue weighted by atomic mass is 9.86. The number of phenolic OH excluding ortho intramolecular Hbond substituents is 1. The number of rotatable bonds is 5. The number of aromatic hydroxyl groups is 1. The van der Waals surface area contributed by atoms with Crippen LogP contribution < -0.4 is 4.74 Å². The molecule has 0 radical (unpaired) electrons. The second-order valence-corrected chi connectivity index (χ2v) is 7.67. The Balaban J connectivity index is 0.000000221. The Morgan fingerprint density at radius 2 is 1.74 bits per heavy atom. The van der Waals surface area contributed by atoms with Crippen LogP contribution >= 0.6 is 11.6 Å². The van der Waals surface area contributed by atoms with Crippen LogP contribution in [-0.2, 0) is 4.79 Å². The van der Waals surface area contributed by atoms with Crippen molar-refractivity contribution in [3.8, 4) is 23.3 Å². The highest BCUT2D eigenvalue weighted by Crippen LogP contribution is 2.30. The smallest absolute Gasteiger partial charge is 0.311 e. The third-order valence-corrected chi connectivity index (χ3v) is 4.82. The number of hydrogen-bond acceptors (Lipinski definition) is 4. The van der Waals surface area contributed by atoms with Gasteiger partial charge in [-0.2, -0.15) is 5.26 Å². The Labute approximate surface area is 187 Å². The number of phenols is 1. The summed E-state index contributed by atoms with van der Waals surface area (Å²) < 4.78 is 5.50. The molecule has 0 saturated carbocycles. The van der Waals surface area contributed by atoms with Gasteiger partial charge < -0.3 is 14.9 Å². The zero-order valence-electron chi connectivity index (χ0n) is 17.5. The maximum Gasteiger partial charge on any atom is 0.311 e. The normalized spacial score (nSPS) is 11.1. The number of aryl methyl sites for hydroxylation is 1. The number of nitriles is 1. The summed E-state index contributed by atoms with van der Waals surface area (Å²) in [6.07, 6.45) is 0. The summed E-state index contributed by atoms with van der Waals surface area (Å²) in [6, 6.07) is 21.1. The van der Waals surface area contributed by atoms with Crippen LogP contribution in [0, 0.1) is 24.2 Å². The Bertz CT molecular complexity index is 1070. The summed E-state index contributed by atoms with van der Waals surface area (Å²) in [6.45, 7) is 5.71. The topological polar surface area (TPSA) is 90.5 Å². The number of carbonyl (C=O) groups is 1. The molecule has 6 heteroatoms. The number of carboxylic acid groups (broad SMARTS) is 1. The second kappa shape index (κ2) is 11.1. The van der Waals surface area contributed by atoms with E-state index in [9.17, 15) is 9.90 Å². The number of benzene rings is 3. The first-order valence-electron chi connectivity index (χ1n) is 9.68. The summed E-state index contributed by atoms with van der Waals surface area (Å²) in [5.41, 5.74) is 1.93. The lowest BCUT2D eigenvalue weighted by Gasteiger charge is -2.18. The van der Waals surface area contributed by atoms with Gasteiger partial charge in [-0.25, -0.2) is 0 Å². The SMILES string of the molecule is Cc1cc(Cl)ccc1C(C(=O)O)C(C)C.N#Cc1c(O)cccc1Oc1ccccc1.